The van der Waals surface area contributed by atoms with E-state index >= 15 is 0 Å². The summed E-state index contributed by atoms with van der Waals surface area (Å²) in [4.78, 5) is 11.5. The van der Waals surface area contributed by atoms with Crippen molar-refractivity contribution in [1.29, 1.82) is 0 Å². The van der Waals surface area contributed by atoms with Crippen molar-refractivity contribution in [2.75, 3.05) is 12.9 Å². The van der Waals surface area contributed by atoms with Crippen LogP contribution in [0.4, 0.5) is 0 Å². The van der Waals surface area contributed by atoms with Crippen LogP contribution in [0.15, 0.2) is 29.4 Å². The van der Waals surface area contributed by atoms with E-state index < -0.39 is 0 Å². The predicted octanol–water partition coefficient (Wildman–Crippen LogP) is 3.94. The number of hydrogen-bond donors (Lipinski definition) is 0. The number of ether oxygens (including phenoxy) is 2. The van der Waals surface area contributed by atoms with Crippen LogP contribution in [0.1, 0.15) is 49.5 Å². The van der Waals surface area contributed by atoms with E-state index in [9.17, 15) is 4.79 Å². The second-order valence-corrected chi connectivity index (χ2v) is 7.42. The molecule has 0 amide bonds. The first-order valence-corrected chi connectivity index (χ1v) is 9.99. The number of benzene rings is 1. The van der Waals surface area contributed by atoms with Crippen LogP contribution in [-0.2, 0) is 16.1 Å². The summed E-state index contributed by atoms with van der Waals surface area (Å²) in [6.07, 6.45) is 5.92. The third-order valence-corrected chi connectivity index (χ3v) is 5.59. The summed E-state index contributed by atoms with van der Waals surface area (Å²) in [5.41, 5.74) is 1.09. The quantitative estimate of drug-likeness (QED) is 0.539. The first-order valence-electron chi connectivity index (χ1n) is 9.01. The van der Waals surface area contributed by atoms with Crippen molar-refractivity contribution >= 4 is 17.7 Å². The highest BCUT2D eigenvalue weighted by atomic mass is 32.2. The summed E-state index contributed by atoms with van der Waals surface area (Å²) in [6.45, 7) is 2.39. The van der Waals surface area contributed by atoms with E-state index in [1.807, 2.05) is 31.2 Å². The topological polar surface area (TPSA) is 66.2 Å². The molecule has 3 rings (SSSR count). The first kappa shape index (κ1) is 18.8. The number of carbonyl (C=O) groups excluding carboxylic acids is 1. The fraction of sp³-hybridized carbons (Fsp3) is 0.526. The number of thioether (sulfide) groups is 1. The lowest BCUT2D eigenvalue weighted by atomic mass is 9.95. The zero-order valence-corrected chi connectivity index (χ0v) is 16.1. The Bertz CT molecular complexity index is 741. The second kappa shape index (κ2) is 9.07. The van der Waals surface area contributed by atoms with Crippen molar-refractivity contribution in [2.45, 2.75) is 56.8 Å². The highest BCUT2D eigenvalue weighted by Crippen LogP contribution is 2.33. The Morgan fingerprint density at radius 3 is 2.73 bits per heavy atom. The molecule has 7 heteroatoms. The number of esters is 1. The molecule has 140 valence electrons. The van der Waals surface area contributed by atoms with Gasteiger partial charge < -0.3 is 9.47 Å². The van der Waals surface area contributed by atoms with Gasteiger partial charge in [0.05, 0.1) is 12.9 Å². The zero-order valence-electron chi connectivity index (χ0n) is 15.3. The summed E-state index contributed by atoms with van der Waals surface area (Å²) in [5, 5.41) is 9.44. The van der Waals surface area contributed by atoms with Crippen molar-refractivity contribution in [3.63, 3.8) is 0 Å². The van der Waals surface area contributed by atoms with Crippen LogP contribution in [0.25, 0.3) is 0 Å². The van der Waals surface area contributed by atoms with Crippen LogP contribution >= 0.6 is 11.8 Å². The Kier molecular flexibility index (Phi) is 6.55. The van der Waals surface area contributed by atoms with E-state index in [0.29, 0.717) is 12.6 Å². The summed E-state index contributed by atoms with van der Waals surface area (Å²) in [6, 6.07) is 8.32. The molecule has 1 saturated carbocycles. The number of nitrogens with zero attached hydrogens (tertiary/aromatic N) is 3. The largest absolute Gasteiger partial charge is 0.485 e. The van der Waals surface area contributed by atoms with Gasteiger partial charge in [-0.05, 0) is 31.4 Å². The third kappa shape index (κ3) is 4.58. The van der Waals surface area contributed by atoms with Gasteiger partial charge in [-0.25, -0.2) is 0 Å². The number of methoxy groups -OCH3 is 1. The fourth-order valence-corrected chi connectivity index (χ4v) is 4.11. The van der Waals surface area contributed by atoms with Crippen molar-refractivity contribution < 1.29 is 14.3 Å². The second-order valence-electron chi connectivity index (χ2n) is 6.48. The summed E-state index contributed by atoms with van der Waals surface area (Å²) in [7, 11) is 1.40. The number of para-hydroxylation sites is 1. The molecule has 1 aromatic carbocycles. The maximum atomic E-state index is 11.5. The zero-order chi connectivity index (χ0) is 18.4. The Morgan fingerprint density at radius 1 is 1.23 bits per heavy atom. The molecule has 1 aromatic heterocycles. The molecule has 0 unspecified atom stereocenters. The van der Waals surface area contributed by atoms with E-state index in [1.54, 1.807) is 0 Å². The minimum Gasteiger partial charge on any atom is -0.485 e. The van der Waals surface area contributed by atoms with Crippen LogP contribution in [0.3, 0.4) is 0 Å². The molecular formula is C19H25N3O3S. The Balaban J connectivity index is 1.78. The minimum absolute atomic E-state index is 0.236. The monoisotopic (exact) mass is 375 g/mol. The molecule has 1 heterocycles. The van der Waals surface area contributed by atoms with E-state index in [2.05, 4.69) is 14.8 Å². The smallest absolute Gasteiger partial charge is 0.316 e. The van der Waals surface area contributed by atoms with E-state index in [-0.39, 0.29) is 11.7 Å². The van der Waals surface area contributed by atoms with E-state index in [4.69, 9.17) is 9.47 Å². The maximum Gasteiger partial charge on any atom is 0.316 e. The van der Waals surface area contributed by atoms with Gasteiger partial charge >= 0.3 is 5.97 Å². The Morgan fingerprint density at radius 2 is 2.00 bits per heavy atom. The van der Waals surface area contributed by atoms with Crippen molar-refractivity contribution in [3.05, 3.63) is 35.7 Å². The van der Waals surface area contributed by atoms with Crippen LogP contribution in [0, 0.1) is 6.92 Å². The molecule has 0 aliphatic heterocycles. The number of aryl methyl sites for hydroxylation is 1. The first-order chi connectivity index (χ1) is 12.7. The molecule has 0 atom stereocenters. The summed E-state index contributed by atoms with van der Waals surface area (Å²) < 4.78 is 12.9. The van der Waals surface area contributed by atoms with Gasteiger partial charge in [0.1, 0.15) is 12.4 Å². The van der Waals surface area contributed by atoms with Crippen LogP contribution < -0.4 is 4.74 Å². The van der Waals surface area contributed by atoms with Gasteiger partial charge in [-0.15, -0.1) is 10.2 Å². The van der Waals surface area contributed by atoms with Crippen molar-refractivity contribution in [1.82, 2.24) is 14.8 Å². The Labute approximate surface area is 158 Å². The van der Waals surface area contributed by atoms with Crippen molar-refractivity contribution in [3.8, 4) is 5.75 Å². The summed E-state index contributed by atoms with van der Waals surface area (Å²) in [5.74, 6) is 1.65. The maximum absolute atomic E-state index is 11.5. The molecule has 1 aliphatic rings. The number of carbonyl (C=O) groups is 1. The normalized spacial score (nSPS) is 15.0. The van der Waals surface area contributed by atoms with E-state index in [0.717, 1.165) is 35.1 Å². The van der Waals surface area contributed by atoms with Crippen molar-refractivity contribution in [2.24, 2.45) is 0 Å². The minimum atomic E-state index is -0.258. The highest BCUT2D eigenvalue weighted by molar-refractivity contribution is 7.99. The molecule has 0 spiro atoms. The van der Waals surface area contributed by atoms with Gasteiger partial charge in [0.2, 0.25) is 0 Å². The average Bonchev–Trinajstić information content (AvgIpc) is 3.09. The average molecular weight is 375 g/mol. The predicted molar refractivity (Wildman–Crippen MR) is 100 cm³/mol. The molecule has 6 nitrogen and oxygen atoms in total. The lowest BCUT2D eigenvalue weighted by Crippen LogP contribution is -2.18. The Hall–Kier alpha value is -2.02. The standard InChI is InChI=1S/C19H25N3O3S/c1-14-8-6-7-11-16(14)25-12-17-20-21-19(26-13-18(23)24-2)22(17)15-9-4-3-5-10-15/h6-8,11,15H,3-5,9-10,12-13H2,1-2H3. The van der Waals surface area contributed by atoms with Gasteiger partial charge in [-0.2, -0.15) is 0 Å². The molecule has 1 fully saturated rings. The molecule has 26 heavy (non-hydrogen) atoms. The fourth-order valence-electron chi connectivity index (χ4n) is 3.25. The van der Waals surface area contributed by atoms with Crippen LogP contribution in [-0.4, -0.2) is 33.6 Å². The number of rotatable bonds is 7. The highest BCUT2D eigenvalue weighted by Gasteiger charge is 2.24. The van der Waals surface area contributed by atoms with Gasteiger partial charge in [-0.1, -0.05) is 49.2 Å². The molecule has 0 bridgehead atoms. The number of hydrogen-bond acceptors (Lipinski definition) is 6. The lowest BCUT2D eigenvalue weighted by molar-refractivity contribution is -0.137. The van der Waals surface area contributed by atoms with Crippen LogP contribution in [0.5, 0.6) is 5.75 Å². The van der Waals surface area contributed by atoms with E-state index in [1.165, 1.54) is 38.1 Å². The molecular weight excluding hydrogens is 350 g/mol. The molecule has 2 aromatic rings. The third-order valence-electron chi connectivity index (χ3n) is 4.67. The molecule has 0 saturated heterocycles. The van der Waals surface area contributed by atoms with Gasteiger partial charge in [-0.3, -0.25) is 9.36 Å². The van der Waals surface area contributed by atoms with Crippen LogP contribution in [0.2, 0.25) is 0 Å². The number of aromatic nitrogens is 3. The molecule has 0 radical (unpaired) electrons. The van der Waals surface area contributed by atoms with Gasteiger partial charge in [0.15, 0.2) is 11.0 Å². The molecule has 0 N–H and O–H groups in total. The lowest BCUT2D eigenvalue weighted by Gasteiger charge is -2.25. The molecule has 1 aliphatic carbocycles. The van der Waals surface area contributed by atoms with Gasteiger partial charge in [0.25, 0.3) is 0 Å². The summed E-state index contributed by atoms with van der Waals surface area (Å²) >= 11 is 1.38. The van der Waals surface area contributed by atoms with Gasteiger partial charge in [0, 0.05) is 6.04 Å². The SMILES string of the molecule is COC(=O)CSc1nnc(COc2ccccc2C)n1C1CCCCC1.